The minimum atomic E-state index is -1.03. The Bertz CT molecular complexity index is 846. The minimum absolute atomic E-state index is 0.0152. The van der Waals surface area contributed by atoms with Crippen LogP contribution in [0, 0.1) is 6.92 Å². The number of carbonyl (C=O) groups is 2. The van der Waals surface area contributed by atoms with Crippen LogP contribution in [0.25, 0.3) is 6.08 Å². The molecule has 1 N–H and O–H groups in total. The van der Waals surface area contributed by atoms with Gasteiger partial charge in [0.15, 0.2) is 0 Å². The predicted molar refractivity (Wildman–Crippen MR) is 105 cm³/mol. The Balaban J connectivity index is 1.84. The smallest absolute Gasteiger partial charge is 0.337 e. The normalized spacial score (nSPS) is 17.7. The number of carboxylic acid groups (broad SMARTS) is 1. The molecule has 3 rings (SSSR count). The molecule has 0 aliphatic carbocycles. The number of aromatic carboxylic acids is 1. The van der Waals surface area contributed by atoms with Crippen LogP contribution in [0.4, 0.5) is 0 Å². The molecule has 0 saturated carbocycles. The molecule has 0 bridgehead atoms. The Morgan fingerprint density at radius 1 is 1.11 bits per heavy atom. The van der Waals surface area contributed by atoms with Gasteiger partial charge in [0.05, 0.1) is 17.3 Å². The van der Waals surface area contributed by atoms with E-state index >= 15 is 0 Å². The van der Waals surface area contributed by atoms with Gasteiger partial charge in [-0.2, -0.15) is 0 Å². The molecule has 1 amide bonds. The molecule has 1 saturated heterocycles. The van der Waals surface area contributed by atoms with Crippen LogP contribution in [0.3, 0.4) is 0 Å². The second-order valence-electron chi connectivity index (χ2n) is 6.82. The maximum absolute atomic E-state index is 13.1. The monoisotopic (exact) mass is 364 g/mol. The third kappa shape index (κ3) is 4.61. The number of carbonyl (C=O) groups excluding carboxylic acids is 1. The average Bonchev–Trinajstić information content (AvgIpc) is 2.91. The van der Waals surface area contributed by atoms with Crippen LogP contribution in [-0.2, 0) is 0 Å². The number of hydrogen-bond donors (Lipinski definition) is 1. The van der Waals surface area contributed by atoms with Crippen LogP contribution < -0.4 is 0 Å². The molecule has 1 aromatic heterocycles. The average molecular weight is 364 g/mol. The molecule has 5 heteroatoms. The zero-order valence-corrected chi connectivity index (χ0v) is 15.5. The first-order chi connectivity index (χ1) is 13.1. The lowest BCUT2D eigenvalue weighted by Gasteiger charge is -2.28. The SMILES string of the molecule is Cc1nc(C(=O)N2CCCCCC2/C=C/c2ccccc2)ccc1C(=O)O. The van der Waals surface area contributed by atoms with Crippen LogP contribution in [0.2, 0.25) is 0 Å². The molecule has 1 aromatic carbocycles. The van der Waals surface area contributed by atoms with Crippen molar-refractivity contribution in [1.29, 1.82) is 0 Å². The summed E-state index contributed by atoms with van der Waals surface area (Å²) in [4.78, 5) is 30.4. The molecule has 2 aromatic rings. The number of aromatic nitrogens is 1. The number of rotatable bonds is 4. The molecule has 1 aliphatic rings. The highest BCUT2D eigenvalue weighted by Crippen LogP contribution is 2.21. The number of pyridine rings is 1. The minimum Gasteiger partial charge on any atom is -0.478 e. The van der Waals surface area contributed by atoms with Gasteiger partial charge in [-0.3, -0.25) is 4.79 Å². The maximum atomic E-state index is 13.1. The van der Waals surface area contributed by atoms with E-state index < -0.39 is 5.97 Å². The molecule has 0 radical (unpaired) electrons. The van der Waals surface area contributed by atoms with Crippen molar-refractivity contribution in [2.75, 3.05) is 6.54 Å². The second-order valence-corrected chi connectivity index (χ2v) is 6.82. The van der Waals surface area contributed by atoms with Crippen LogP contribution in [-0.4, -0.2) is 39.5 Å². The van der Waals surface area contributed by atoms with E-state index in [0.717, 1.165) is 31.2 Å². The third-order valence-corrected chi connectivity index (χ3v) is 4.91. The van der Waals surface area contributed by atoms with Gasteiger partial charge in [-0.25, -0.2) is 9.78 Å². The lowest BCUT2D eigenvalue weighted by molar-refractivity contribution is 0.0686. The van der Waals surface area contributed by atoms with Crippen molar-refractivity contribution < 1.29 is 14.7 Å². The van der Waals surface area contributed by atoms with Crippen LogP contribution in [0.15, 0.2) is 48.5 Å². The molecule has 1 aliphatic heterocycles. The van der Waals surface area contributed by atoms with Crippen LogP contribution in [0.1, 0.15) is 57.8 Å². The summed E-state index contributed by atoms with van der Waals surface area (Å²) in [5, 5.41) is 9.16. The first-order valence-electron chi connectivity index (χ1n) is 9.31. The van der Waals surface area contributed by atoms with E-state index in [0.29, 0.717) is 17.9 Å². The van der Waals surface area contributed by atoms with Gasteiger partial charge in [-0.05, 0) is 37.5 Å². The molecule has 5 nitrogen and oxygen atoms in total. The van der Waals surface area contributed by atoms with Crippen molar-refractivity contribution in [3.63, 3.8) is 0 Å². The zero-order chi connectivity index (χ0) is 19.2. The number of amides is 1. The van der Waals surface area contributed by atoms with Crippen molar-refractivity contribution in [3.8, 4) is 0 Å². The van der Waals surface area contributed by atoms with E-state index in [1.807, 2.05) is 35.2 Å². The summed E-state index contributed by atoms with van der Waals surface area (Å²) in [5.41, 5.74) is 1.90. The van der Waals surface area contributed by atoms with Gasteiger partial charge in [0, 0.05) is 6.54 Å². The summed E-state index contributed by atoms with van der Waals surface area (Å²) in [7, 11) is 0. The Morgan fingerprint density at radius 2 is 1.89 bits per heavy atom. The fourth-order valence-electron chi connectivity index (χ4n) is 3.43. The molecule has 1 fully saturated rings. The van der Waals surface area contributed by atoms with E-state index in [-0.39, 0.29) is 17.5 Å². The number of benzene rings is 1. The largest absolute Gasteiger partial charge is 0.478 e. The van der Waals surface area contributed by atoms with Crippen molar-refractivity contribution in [3.05, 3.63) is 71.1 Å². The van der Waals surface area contributed by atoms with Crippen molar-refractivity contribution in [2.45, 2.75) is 38.6 Å². The van der Waals surface area contributed by atoms with Gasteiger partial charge in [-0.15, -0.1) is 0 Å². The summed E-state index contributed by atoms with van der Waals surface area (Å²) < 4.78 is 0. The van der Waals surface area contributed by atoms with Crippen LogP contribution in [0.5, 0.6) is 0 Å². The molecule has 1 atom stereocenters. The standard InChI is InChI=1S/C22H24N2O3/c1-16-19(22(26)27)13-14-20(23-16)21(25)24-15-7-3-6-10-18(24)12-11-17-8-4-2-5-9-17/h2,4-5,8-9,11-14,18H,3,6-7,10,15H2,1H3,(H,26,27)/b12-11+. The Kier molecular flexibility index (Phi) is 6.01. The summed E-state index contributed by atoms with van der Waals surface area (Å²) in [5.74, 6) is -1.17. The van der Waals surface area contributed by atoms with Crippen molar-refractivity contribution >= 4 is 18.0 Å². The lowest BCUT2D eigenvalue weighted by atomic mass is 10.1. The van der Waals surface area contributed by atoms with Crippen molar-refractivity contribution in [2.24, 2.45) is 0 Å². The molecule has 140 valence electrons. The Labute approximate surface area is 159 Å². The summed E-state index contributed by atoms with van der Waals surface area (Å²) >= 11 is 0. The number of aryl methyl sites for hydroxylation is 1. The van der Waals surface area contributed by atoms with Gasteiger partial charge in [-0.1, -0.05) is 55.3 Å². The molecular weight excluding hydrogens is 340 g/mol. The molecule has 27 heavy (non-hydrogen) atoms. The molecule has 2 heterocycles. The summed E-state index contributed by atoms with van der Waals surface area (Å²) in [6, 6.07) is 13.0. The topological polar surface area (TPSA) is 70.5 Å². The second kappa shape index (κ2) is 8.62. The fourth-order valence-corrected chi connectivity index (χ4v) is 3.43. The Hall–Kier alpha value is -2.95. The highest BCUT2D eigenvalue weighted by atomic mass is 16.4. The first-order valence-corrected chi connectivity index (χ1v) is 9.31. The summed E-state index contributed by atoms with van der Waals surface area (Å²) in [6.07, 6.45) is 8.22. The highest BCUT2D eigenvalue weighted by molar-refractivity contribution is 5.94. The summed E-state index contributed by atoms with van der Waals surface area (Å²) in [6.45, 7) is 2.31. The molecular formula is C22H24N2O3. The van der Waals surface area contributed by atoms with Gasteiger partial charge < -0.3 is 10.0 Å². The first kappa shape index (κ1) is 18.8. The van der Waals surface area contributed by atoms with E-state index in [4.69, 9.17) is 5.11 Å². The zero-order valence-electron chi connectivity index (χ0n) is 15.5. The quantitative estimate of drug-likeness (QED) is 0.883. The van der Waals surface area contributed by atoms with Gasteiger partial charge in [0.25, 0.3) is 5.91 Å². The van der Waals surface area contributed by atoms with Gasteiger partial charge in [0.1, 0.15) is 5.69 Å². The molecule has 0 spiro atoms. The predicted octanol–water partition coefficient (Wildman–Crippen LogP) is 4.19. The fraction of sp³-hybridized carbons (Fsp3) is 0.318. The number of likely N-dealkylation sites (tertiary alicyclic amines) is 1. The van der Waals surface area contributed by atoms with Crippen molar-refractivity contribution in [1.82, 2.24) is 9.88 Å². The van der Waals surface area contributed by atoms with E-state index in [2.05, 4.69) is 17.1 Å². The van der Waals surface area contributed by atoms with Gasteiger partial charge >= 0.3 is 5.97 Å². The Morgan fingerprint density at radius 3 is 2.59 bits per heavy atom. The number of carboxylic acids is 1. The highest BCUT2D eigenvalue weighted by Gasteiger charge is 2.26. The molecule has 1 unspecified atom stereocenters. The maximum Gasteiger partial charge on any atom is 0.337 e. The van der Waals surface area contributed by atoms with E-state index in [1.54, 1.807) is 6.92 Å². The number of nitrogens with zero attached hydrogens (tertiary/aromatic N) is 2. The van der Waals surface area contributed by atoms with E-state index in [9.17, 15) is 9.59 Å². The van der Waals surface area contributed by atoms with E-state index in [1.165, 1.54) is 12.1 Å². The lowest BCUT2D eigenvalue weighted by Crippen LogP contribution is -2.39. The number of hydrogen-bond acceptors (Lipinski definition) is 3. The van der Waals surface area contributed by atoms with Crippen LogP contribution >= 0.6 is 0 Å². The third-order valence-electron chi connectivity index (χ3n) is 4.91. The van der Waals surface area contributed by atoms with Gasteiger partial charge in [0.2, 0.25) is 0 Å².